The summed E-state index contributed by atoms with van der Waals surface area (Å²) in [4.78, 5) is 0. The summed E-state index contributed by atoms with van der Waals surface area (Å²) >= 11 is 0. The Labute approximate surface area is 84.7 Å². The summed E-state index contributed by atoms with van der Waals surface area (Å²) in [5, 5.41) is 9.76. The van der Waals surface area contributed by atoms with Crippen molar-refractivity contribution >= 4 is 5.69 Å². The predicted molar refractivity (Wildman–Crippen MR) is 59.1 cm³/mol. The van der Waals surface area contributed by atoms with Crippen LogP contribution in [-0.2, 0) is 0 Å². The van der Waals surface area contributed by atoms with Gasteiger partial charge in [0, 0.05) is 5.70 Å². The molecular weight excluding hydrogens is 174 g/mol. The number of nitrogens with zero attached hydrogens (tertiary/aromatic N) is 3. The van der Waals surface area contributed by atoms with Gasteiger partial charge in [-0.2, -0.15) is 5.11 Å². The SMILES string of the molecule is C=C(C)N(N=NCC)c1ccccc1. The minimum Gasteiger partial charge on any atom is -0.220 e. The monoisotopic (exact) mass is 189 g/mol. The van der Waals surface area contributed by atoms with E-state index in [1.165, 1.54) is 0 Å². The van der Waals surface area contributed by atoms with Gasteiger partial charge in [0.05, 0.1) is 12.2 Å². The lowest BCUT2D eigenvalue weighted by molar-refractivity contribution is 0.853. The van der Waals surface area contributed by atoms with Crippen molar-refractivity contribution in [3.05, 3.63) is 42.6 Å². The molecule has 0 aliphatic carbocycles. The maximum Gasteiger partial charge on any atom is 0.0665 e. The molecule has 0 heterocycles. The van der Waals surface area contributed by atoms with Gasteiger partial charge in [-0.05, 0) is 26.0 Å². The molecule has 0 atom stereocenters. The summed E-state index contributed by atoms with van der Waals surface area (Å²) in [6, 6.07) is 9.85. The smallest absolute Gasteiger partial charge is 0.0665 e. The third-order valence-electron chi connectivity index (χ3n) is 1.66. The van der Waals surface area contributed by atoms with E-state index in [9.17, 15) is 0 Å². The van der Waals surface area contributed by atoms with Crippen LogP contribution < -0.4 is 5.01 Å². The van der Waals surface area contributed by atoms with Gasteiger partial charge >= 0.3 is 0 Å². The van der Waals surface area contributed by atoms with Gasteiger partial charge in [-0.3, -0.25) is 0 Å². The molecule has 0 spiro atoms. The van der Waals surface area contributed by atoms with E-state index in [2.05, 4.69) is 16.9 Å². The van der Waals surface area contributed by atoms with Crippen LogP contribution in [-0.4, -0.2) is 6.54 Å². The third kappa shape index (κ3) is 2.69. The van der Waals surface area contributed by atoms with Crippen molar-refractivity contribution in [3.63, 3.8) is 0 Å². The molecule has 1 aromatic carbocycles. The van der Waals surface area contributed by atoms with E-state index in [-0.39, 0.29) is 0 Å². The lowest BCUT2D eigenvalue weighted by Gasteiger charge is -2.16. The number of anilines is 1. The fourth-order valence-electron chi connectivity index (χ4n) is 1.04. The molecule has 0 aliphatic rings. The largest absolute Gasteiger partial charge is 0.220 e. The Morgan fingerprint density at radius 3 is 2.50 bits per heavy atom. The van der Waals surface area contributed by atoms with Crippen molar-refractivity contribution < 1.29 is 0 Å². The first-order valence-electron chi connectivity index (χ1n) is 4.63. The van der Waals surface area contributed by atoms with Crippen LogP contribution in [0.3, 0.4) is 0 Å². The molecule has 0 fully saturated rings. The molecule has 0 radical (unpaired) electrons. The molecule has 74 valence electrons. The molecule has 0 N–H and O–H groups in total. The summed E-state index contributed by atoms with van der Waals surface area (Å²) in [5.74, 6) is 0. The second-order valence-electron chi connectivity index (χ2n) is 2.93. The summed E-state index contributed by atoms with van der Waals surface area (Å²) in [7, 11) is 0. The quantitative estimate of drug-likeness (QED) is 0.527. The van der Waals surface area contributed by atoms with Gasteiger partial charge in [0.1, 0.15) is 0 Å². The molecule has 0 amide bonds. The molecule has 1 rings (SSSR count). The van der Waals surface area contributed by atoms with Gasteiger partial charge in [0.2, 0.25) is 0 Å². The second kappa shape index (κ2) is 5.17. The number of hydrogen-bond donors (Lipinski definition) is 0. The number of rotatable bonds is 4. The first kappa shape index (κ1) is 10.4. The van der Waals surface area contributed by atoms with Crippen molar-refractivity contribution in [2.75, 3.05) is 11.6 Å². The Morgan fingerprint density at radius 1 is 1.36 bits per heavy atom. The van der Waals surface area contributed by atoms with E-state index in [0.717, 1.165) is 11.4 Å². The summed E-state index contributed by atoms with van der Waals surface area (Å²) in [6.07, 6.45) is 0. The maximum atomic E-state index is 4.07. The zero-order valence-electron chi connectivity index (χ0n) is 8.64. The lowest BCUT2D eigenvalue weighted by atomic mass is 10.3. The number of para-hydroxylation sites is 1. The molecule has 3 heteroatoms. The average Bonchev–Trinajstić information content (AvgIpc) is 2.19. The van der Waals surface area contributed by atoms with Crippen molar-refractivity contribution in [3.8, 4) is 0 Å². The lowest BCUT2D eigenvalue weighted by Crippen LogP contribution is -2.11. The van der Waals surface area contributed by atoms with Gasteiger partial charge in [-0.1, -0.05) is 30.0 Å². The number of allylic oxidation sites excluding steroid dienone is 1. The Bertz CT molecular complexity index is 317. The van der Waals surface area contributed by atoms with E-state index >= 15 is 0 Å². The Hall–Kier alpha value is -1.64. The van der Waals surface area contributed by atoms with Crippen LogP contribution in [0.2, 0.25) is 0 Å². The van der Waals surface area contributed by atoms with Crippen LogP contribution in [0.4, 0.5) is 5.69 Å². The average molecular weight is 189 g/mol. The van der Waals surface area contributed by atoms with E-state index in [1.807, 2.05) is 44.2 Å². The summed E-state index contributed by atoms with van der Waals surface area (Å²) < 4.78 is 0. The topological polar surface area (TPSA) is 28.0 Å². The van der Waals surface area contributed by atoms with Crippen LogP contribution >= 0.6 is 0 Å². The van der Waals surface area contributed by atoms with Crippen molar-refractivity contribution in [2.24, 2.45) is 10.3 Å². The number of benzene rings is 1. The molecule has 14 heavy (non-hydrogen) atoms. The Kier molecular flexibility index (Phi) is 3.85. The highest BCUT2D eigenvalue weighted by molar-refractivity contribution is 5.49. The molecule has 1 aromatic rings. The van der Waals surface area contributed by atoms with Gasteiger partial charge in [0.25, 0.3) is 0 Å². The summed E-state index contributed by atoms with van der Waals surface area (Å²) in [5.41, 5.74) is 1.84. The van der Waals surface area contributed by atoms with Crippen LogP contribution in [0.25, 0.3) is 0 Å². The molecular formula is C11H15N3. The first-order chi connectivity index (χ1) is 6.75. The van der Waals surface area contributed by atoms with Gasteiger partial charge in [-0.15, -0.1) is 0 Å². The fraction of sp³-hybridized carbons (Fsp3) is 0.273. The van der Waals surface area contributed by atoms with Crippen LogP contribution in [0.1, 0.15) is 13.8 Å². The molecule has 0 saturated heterocycles. The minimum absolute atomic E-state index is 0.677. The van der Waals surface area contributed by atoms with Crippen LogP contribution in [0, 0.1) is 0 Å². The molecule has 0 unspecified atom stereocenters. The highest BCUT2D eigenvalue weighted by Crippen LogP contribution is 2.17. The van der Waals surface area contributed by atoms with Crippen molar-refractivity contribution in [1.29, 1.82) is 0 Å². The zero-order valence-corrected chi connectivity index (χ0v) is 8.64. The van der Waals surface area contributed by atoms with E-state index in [0.29, 0.717) is 6.54 Å². The van der Waals surface area contributed by atoms with Crippen molar-refractivity contribution in [2.45, 2.75) is 13.8 Å². The standard InChI is InChI=1S/C11H15N3/c1-4-12-13-14(10(2)3)11-8-6-5-7-9-11/h5-9H,2,4H2,1,3H3. The normalized spacial score (nSPS) is 10.4. The van der Waals surface area contributed by atoms with Gasteiger partial charge in [-0.25, -0.2) is 5.01 Å². The molecule has 0 aromatic heterocycles. The Balaban J connectivity index is 2.89. The second-order valence-corrected chi connectivity index (χ2v) is 2.93. The van der Waals surface area contributed by atoms with E-state index in [4.69, 9.17) is 0 Å². The molecule has 0 bridgehead atoms. The zero-order chi connectivity index (χ0) is 10.4. The third-order valence-corrected chi connectivity index (χ3v) is 1.66. The highest BCUT2D eigenvalue weighted by atomic mass is 15.5. The fourth-order valence-corrected chi connectivity index (χ4v) is 1.04. The summed E-state index contributed by atoms with van der Waals surface area (Å²) in [6.45, 7) is 8.39. The predicted octanol–water partition coefficient (Wildman–Crippen LogP) is 3.41. The molecule has 3 nitrogen and oxygen atoms in total. The van der Waals surface area contributed by atoms with Crippen molar-refractivity contribution in [1.82, 2.24) is 0 Å². The Morgan fingerprint density at radius 2 is 2.00 bits per heavy atom. The van der Waals surface area contributed by atoms with E-state index < -0.39 is 0 Å². The van der Waals surface area contributed by atoms with E-state index in [1.54, 1.807) is 5.01 Å². The maximum absolute atomic E-state index is 4.07. The highest BCUT2D eigenvalue weighted by Gasteiger charge is 2.03. The van der Waals surface area contributed by atoms with Gasteiger partial charge in [0.15, 0.2) is 0 Å². The van der Waals surface area contributed by atoms with Crippen LogP contribution in [0.5, 0.6) is 0 Å². The first-order valence-corrected chi connectivity index (χ1v) is 4.63. The minimum atomic E-state index is 0.677. The van der Waals surface area contributed by atoms with Crippen LogP contribution in [0.15, 0.2) is 52.9 Å². The number of hydrogen-bond acceptors (Lipinski definition) is 2. The molecule has 0 aliphatic heterocycles. The van der Waals surface area contributed by atoms with Gasteiger partial charge < -0.3 is 0 Å². The molecule has 0 saturated carbocycles.